The highest BCUT2D eigenvalue weighted by atomic mass is 35.5. The number of rotatable bonds is 13. The minimum Gasteiger partial charge on any atom is -0.493 e. The molecule has 1 aliphatic heterocycles. The van der Waals surface area contributed by atoms with Gasteiger partial charge in [-0.05, 0) is 79.4 Å². The Balaban J connectivity index is 0.00000337. The van der Waals surface area contributed by atoms with E-state index in [0.717, 1.165) is 37.2 Å². The number of hydrogen-bond donors (Lipinski definition) is 0. The number of ether oxygens (including phenoxy) is 1. The molecule has 0 aliphatic carbocycles. The van der Waals surface area contributed by atoms with Crippen LogP contribution in [0.4, 0.5) is 11.4 Å². The Hall–Kier alpha value is -3.18. The molecule has 0 saturated heterocycles. The third kappa shape index (κ3) is 8.94. The van der Waals surface area contributed by atoms with Crippen molar-refractivity contribution in [3.8, 4) is 5.75 Å². The maximum Gasteiger partial charge on any atom is 0.242 e. The standard InChI is InChI=1S/C32H41N5O4S.2ClH/c1-6-37-27-9-8-26(21-28(27)35(5)30(39)32(2,3)31(37)40)41-18-7-15-36(22-24-10-13-33-14-11-24)17-16-34(4)29(38)20-25-12-19-42-23-25;;/h8-14,19,21,23H,6-7,15-18,20,22H2,1-5H3;2*1H. The average Bonchev–Trinajstić information content (AvgIpc) is 3.49. The minimum absolute atomic E-state index is 0. The van der Waals surface area contributed by atoms with E-state index < -0.39 is 5.41 Å². The molecule has 3 amide bonds. The van der Waals surface area contributed by atoms with Crippen molar-refractivity contribution >= 4 is 65.2 Å². The molecule has 4 rings (SSSR count). The molecule has 0 fully saturated rings. The Bertz CT molecular complexity index is 1370. The fraction of sp³-hybridized carbons (Fsp3) is 0.438. The molecule has 0 unspecified atom stereocenters. The van der Waals surface area contributed by atoms with E-state index in [9.17, 15) is 14.4 Å². The molecule has 12 heteroatoms. The Morgan fingerprint density at radius 1 is 0.977 bits per heavy atom. The topological polar surface area (TPSA) is 86.3 Å². The number of likely N-dealkylation sites (N-methyl/N-ethyl adjacent to an activating group) is 1. The largest absolute Gasteiger partial charge is 0.493 e. The molecular formula is C32H43Cl2N5O4S. The number of amides is 3. The van der Waals surface area contributed by atoms with Crippen LogP contribution in [0.1, 0.15) is 38.3 Å². The summed E-state index contributed by atoms with van der Waals surface area (Å²) in [6, 6.07) is 11.6. The van der Waals surface area contributed by atoms with E-state index >= 15 is 0 Å². The lowest BCUT2D eigenvalue weighted by Crippen LogP contribution is -2.47. The highest BCUT2D eigenvalue weighted by Gasteiger charge is 2.45. The van der Waals surface area contributed by atoms with Crippen molar-refractivity contribution in [2.45, 2.75) is 40.2 Å². The van der Waals surface area contributed by atoms with E-state index in [1.165, 1.54) is 0 Å². The number of benzene rings is 1. The molecule has 0 bridgehead atoms. The molecular weight excluding hydrogens is 621 g/mol. The van der Waals surface area contributed by atoms with Crippen LogP contribution < -0.4 is 14.5 Å². The van der Waals surface area contributed by atoms with E-state index in [4.69, 9.17) is 4.74 Å². The molecule has 3 aromatic rings. The first-order valence-electron chi connectivity index (χ1n) is 14.3. The zero-order chi connectivity index (χ0) is 30.3. The average molecular weight is 665 g/mol. The highest BCUT2D eigenvalue weighted by Crippen LogP contribution is 2.40. The van der Waals surface area contributed by atoms with Gasteiger partial charge in [-0.3, -0.25) is 24.3 Å². The molecule has 0 N–H and O–H groups in total. The summed E-state index contributed by atoms with van der Waals surface area (Å²) in [5.74, 6) is 0.310. The van der Waals surface area contributed by atoms with Gasteiger partial charge in [0, 0.05) is 65.3 Å². The van der Waals surface area contributed by atoms with E-state index in [1.54, 1.807) is 59.3 Å². The van der Waals surface area contributed by atoms with E-state index in [-0.39, 0.29) is 42.5 Å². The molecule has 0 spiro atoms. The monoisotopic (exact) mass is 663 g/mol. The van der Waals surface area contributed by atoms with Gasteiger partial charge >= 0.3 is 0 Å². The van der Waals surface area contributed by atoms with Crippen molar-refractivity contribution < 1.29 is 19.1 Å². The van der Waals surface area contributed by atoms with Crippen LogP contribution in [0, 0.1) is 5.41 Å². The second-order valence-corrected chi connectivity index (χ2v) is 11.9. The van der Waals surface area contributed by atoms with E-state index in [0.29, 0.717) is 43.2 Å². The number of carbonyl (C=O) groups is 3. The van der Waals surface area contributed by atoms with Gasteiger partial charge in [0.25, 0.3) is 0 Å². The van der Waals surface area contributed by atoms with Crippen LogP contribution in [0.15, 0.2) is 59.6 Å². The van der Waals surface area contributed by atoms with Gasteiger partial charge < -0.3 is 19.4 Å². The van der Waals surface area contributed by atoms with Gasteiger partial charge in [-0.1, -0.05) is 0 Å². The van der Waals surface area contributed by atoms with Gasteiger partial charge in [0.1, 0.15) is 11.2 Å². The van der Waals surface area contributed by atoms with Crippen molar-refractivity contribution in [1.29, 1.82) is 0 Å². The van der Waals surface area contributed by atoms with Gasteiger partial charge in [-0.15, -0.1) is 24.8 Å². The van der Waals surface area contributed by atoms with Crippen molar-refractivity contribution in [2.75, 3.05) is 56.7 Å². The summed E-state index contributed by atoms with van der Waals surface area (Å²) in [7, 11) is 3.56. The highest BCUT2D eigenvalue weighted by molar-refractivity contribution is 7.08. The molecule has 2 aromatic heterocycles. The van der Waals surface area contributed by atoms with Gasteiger partial charge in [0.15, 0.2) is 0 Å². The van der Waals surface area contributed by atoms with Crippen molar-refractivity contribution in [3.63, 3.8) is 0 Å². The second kappa shape index (κ2) is 16.8. The zero-order valence-electron chi connectivity index (χ0n) is 26.0. The minimum atomic E-state index is -1.15. The van der Waals surface area contributed by atoms with Crippen molar-refractivity contribution in [3.05, 3.63) is 70.7 Å². The Kier molecular flexibility index (Phi) is 14.1. The summed E-state index contributed by atoms with van der Waals surface area (Å²) in [5.41, 5.74) is 2.43. The predicted molar refractivity (Wildman–Crippen MR) is 181 cm³/mol. The first-order chi connectivity index (χ1) is 20.1. The molecule has 3 heterocycles. The number of nitrogens with zero attached hydrogens (tertiary/aromatic N) is 5. The van der Waals surface area contributed by atoms with Crippen LogP contribution in [-0.4, -0.2) is 79.4 Å². The summed E-state index contributed by atoms with van der Waals surface area (Å²) < 4.78 is 6.13. The van der Waals surface area contributed by atoms with Crippen LogP contribution in [0.25, 0.3) is 0 Å². The fourth-order valence-corrected chi connectivity index (χ4v) is 5.75. The maximum absolute atomic E-state index is 13.1. The number of hydrogen-bond acceptors (Lipinski definition) is 7. The van der Waals surface area contributed by atoms with Gasteiger partial charge in [0.2, 0.25) is 17.7 Å². The summed E-state index contributed by atoms with van der Waals surface area (Å²) in [5, 5.41) is 4.01. The Labute approximate surface area is 277 Å². The third-order valence-electron chi connectivity index (χ3n) is 7.69. The molecule has 240 valence electrons. The van der Waals surface area contributed by atoms with Gasteiger partial charge in [0.05, 0.1) is 24.4 Å². The molecule has 0 saturated carbocycles. The number of carbonyl (C=O) groups excluding carboxylic acids is 3. The molecule has 1 aromatic carbocycles. The Morgan fingerprint density at radius 3 is 2.36 bits per heavy atom. The number of pyridine rings is 1. The smallest absolute Gasteiger partial charge is 0.242 e. The number of aromatic nitrogens is 1. The number of halogens is 2. The SMILES string of the molecule is CCN1C(=O)C(C)(C)C(=O)N(C)c2cc(OCCCN(CCN(C)C(=O)Cc3ccsc3)Cc3ccncc3)ccc21.Cl.Cl. The lowest BCUT2D eigenvalue weighted by atomic mass is 9.90. The molecule has 0 atom stereocenters. The molecule has 9 nitrogen and oxygen atoms in total. The summed E-state index contributed by atoms with van der Waals surface area (Å²) in [6.45, 7) is 9.11. The predicted octanol–water partition coefficient (Wildman–Crippen LogP) is 5.31. The fourth-order valence-electron chi connectivity index (χ4n) is 5.08. The summed E-state index contributed by atoms with van der Waals surface area (Å²) >= 11 is 1.60. The quantitative estimate of drug-likeness (QED) is 0.182. The summed E-state index contributed by atoms with van der Waals surface area (Å²) in [4.78, 5) is 50.4. The number of thiophene rings is 1. The lowest BCUT2D eigenvalue weighted by molar-refractivity contribution is -0.137. The van der Waals surface area contributed by atoms with Crippen LogP contribution in [0.2, 0.25) is 0 Å². The molecule has 1 aliphatic rings. The maximum atomic E-state index is 13.1. The normalized spacial score (nSPS) is 14.0. The van der Waals surface area contributed by atoms with E-state index in [2.05, 4.69) is 9.88 Å². The van der Waals surface area contributed by atoms with Crippen molar-refractivity contribution in [2.24, 2.45) is 5.41 Å². The molecule has 0 radical (unpaired) electrons. The first-order valence-corrected chi connectivity index (χ1v) is 15.3. The van der Waals surface area contributed by atoms with Crippen LogP contribution in [-0.2, 0) is 27.3 Å². The number of anilines is 2. The first kappa shape index (κ1) is 37.0. The molecule has 44 heavy (non-hydrogen) atoms. The van der Waals surface area contributed by atoms with Crippen molar-refractivity contribution in [1.82, 2.24) is 14.8 Å². The number of fused-ring (bicyclic) bond motifs is 1. The zero-order valence-corrected chi connectivity index (χ0v) is 28.5. The van der Waals surface area contributed by atoms with E-state index in [1.807, 2.05) is 61.1 Å². The van der Waals surface area contributed by atoms with Gasteiger partial charge in [-0.25, -0.2) is 0 Å². The van der Waals surface area contributed by atoms with Gasteiger partial charge in [-0.2, -0.15) is 11.3 Å². The van der Waals surface area contributed by atoms with Crippen LogP contribution >= 0.6 is 36.2 Å². The lowest BCUT2D eigenvalue weighted by Gasteiger charge is -2.27. The second-order valence-electron chi connectivity index (χ2n) is 11.1. The third-order valence-corrected chi connectivity index (χ3v) is 8.42. The van der Waals surface area contributed by atoms with Crippen LogP contribution in [0.3, 0.4) is 0 Å². The summed E-state index contributed by atoms with van der Waals surface area (Å²) in [6.07, 6.45) is 4.78. The van der Waals surface area contributed by atoms with Crippen LogP contribution in [0.5, 0.6) is 5.75 Å². The Morgan fingerprint density at radius 2 is 1.70 bits per heavy atom.